The lowest BCUT2D eigenvalue weighted by Gasteiger charge is -2.18. The zero-order chi connectivity index (χ0) is 19.6. The van der Waals surface area contributed by atoms with Gasteiger partial charge in [0.2, 0.25) is 10.0 Å². The molecule has 6 nitrogen and oxygen atoms in total. The summed E-state index contributed by atoms with van der Waals surface area (Å²) in [4.78, 5) is 4.17. The largest absolute Gasteiger partial charge is 0.356 e. The van der Waals surface area contributed by atoms with Crippen LogP contribution in [-0.4, -0.2) is 57.9 Å². The molecule has 0 atom stereocenters. The number of hydrogen-bond donors (Lipinski definition) is 2. The number of halogens is 2. The van der Waals surface area contributed by atoms with E-state index in [2.05, 4.69) is 15.6 Å². The van der Waals surface area contributed by atoms with Crippen LogP contribution >= 0.6 is 35.7 Å². The Labute approximate surface area is 183 Å². The Morgan fingerprint density at radius 3 is 2.56 bits per heavy atom. The average Bonchev–Trinajstić information content (AvgIpc) is 2.58. The first-order valence-corrected chi connectivity index (χ1v) is 11.7. The van der Waals surface area contributed by atoms with E-state index in [9.17, 15) is 12.8 Å². The molecule has 0 aliphatic carbocycles. The number of sulfonamides is 1. The van der Waals surface area contributed by atoms with Crippen LogP contribution in [0.4, 0.5) is 4.39 Å². The number of nitrogens with one attached hydrogen (secondary N) is 2. The van der Waals surface area contributed by atoms with Gasteiger partial charge in [0.1, 0.15) is 5.82 Å². The first-order chi connectivity index (χ1) is 12.3. The fourth-order valence-electron chi connectivity index (χ4n) is 2.48. The van der Waals surface area contributed by atoms with Crippen molar-refractivity contribution >= 4 is 51.7 Å². The van der Waals surface area contributed by atoms with Gasteiger partial charge in [0.15, 0.2) is 5.96 Å². The summed E-state index contributed by atoms with van der Waals surface area (Å²) in [6.45, 7) is 3.90. The molecule has 156 valence electrons. The molecule has 0 saturated heterocycles. The minimum absolute atomic E-state index is 0. The Bertz CT molecular complexity index is 702. The quantitative estimate of drug-likeness (QED) is 0.210. The number of nitrogens with zero attached hydrogens (tertiary/aromatic N) is 2. The molecular weight excluding hydrogens is 502 g/mol. The highest BCUT2D eigenvalue weighted by Crippen LogP contribution is 2.16. The van der Waals surface area contributed by atoms with Crippen molar-refractivity contribution in [3.63, 3.8) is 0 Å². The molecule has 2 N–H and O–H groups in total. The Morgan fingerprint density at radius 1 is 1.30 bits per heavy atom. The summed E-state index contributed by atoms with van der Waals surface area (Å²) < 4.78 is 38.0. The van der Waals surface area contributed by atoms with Gasteiger partial charge >= 0.3 is 0 Å². The zero-order valence-corrected chi connectivity index (χ0v) is 20.3. The minimum atomic E-state index is -3.15. The molecule has 0 aliphatic rings. The van der Waals surface area contributed by atoms with Crippen molar-refractivity contribution in [1.29, 1.82) is 0 Å². The van der Waals surface area contributed by atoms with Gasteiger partial charge in [0, 0.05) is 39.0 Å². The van der Waals surface area contributed by atoms with Gasteiger partial charge in [-0.3, -0.25) is 4.99 Å². The van der Waals surface area contributed by atoms with Crippen molar-refractivity contribution in [2.45, 2.75) is 25.6 Å². The van der Waals surface area contributed by atoms with Gasteiger partial charge < -0.3 is 10.6 Å². The summed E-state index contributed by atoms with van der Waals surface area (Å²) in [5.41, 5.74) is 1.99. The van der Waals surface area contributed by atoms with E-state index in [1.807, 2.05) is 13.2 Å². The van der Waals surface area contributed by atoms with E-state index in [4.69, 9.17) is 0 Å². The zero-order valence-electron chi connectivity index (χ0n) is 16.3. The topological polar surface area (TPSA) is 73.8 Å². The molecule has 0 heterocycles. The first kappa shape index (κ1) is 26.4. The standard InChI is InChI=1S/C17H29FN4O2S2.HI/c1-5-22(26(4,23)24)10-6-9-20-17(19-2)21-12-14-7-8-16(18)11-15(14)13-25-3;/h7-8,11H,5-6,9-10,12-13H2,1-4H3,(H2,19,20,21);1H. The highest BCUT2D eigenvalue weighted by atomic mass is 127. The molecule has 0 bridgehead atoms. The van der Waals surface area contributed by atoms with Crippen molar-refractivity contribution < 1.29 is 12.8 Å². The third-order valence-corrected chi connectivity index (χ3v) is 5.81. The van der Waals surface area contributed by atoms with Crippen LogP contribution in [0.1, 0.15) is 24.5 Å². The lowest BCUT2D eigenvalue weighted by molar-refractivity contribution is 0.424. The molecule has 0 radical (unpaired) electrons. The third-order valence-electron chi connectivity index (χ3n) is 3.84. The van der Waals surface area contributed by atoms with Crippen LogP contribution in [0.3, 0.4) is 0 Å². The van der Waals surface area contributed by atoms with Crippen molar-refractivity contribution in [3.05, 3.63) is 35.1 Å². The van der Waals surface area contributed by atoms with E-state index < -0.39 is 10.0 Å². The molecule has 10 heteroatoms. The lowest BCUT2D eigenvalue weighted by Crippen LogP contribution is -2.39. The van der Waals surface area contributed by atoms with Gasteiger partial charge in [-0.25, -0.2) is 17.1 Å². The minimum Gasteiger partial charge on any atom is -0.356 e. The summed E-state index contributed by atoms with van der Waals surface area (Å²) >= 11 is 1.65. The van der Waals surface area contributed by atoms with Crippen molar-refractivity contribution in [3.8, 4) is 0 Å². The fraction of sp³-hybridized carbons (Fsp3) is 0.588. The van der Waals surface area contributed by atoms with E-state index in [0.717, 1.165) is 16.9 Å². The Balaban J connectivity index is 0.00000676. The lowest BCUT2D eigenvalue weighted by atomic mass is 10.1. The molecule has 0 fully saturated rings. The molecule has 0 spiro atoms. The smallest absolute Gasteiger partial charge is 0.211 e. The van der Waals surface area contributed by atoms with Crippen LogP contribution in [0.5, 0.6) is 0 Å². The van der Waals surface area contributed by atoms with Crippen LogP contribution in [0, 0.1) is 5.82 Å². The van der Waals surface area contributed by atoms with E-state index in [1.54, 1.807) is 30.9 Å². The molecule has 0 saturated carbocycles. The highest BCUT2D eigenvalue weighted by molar-refractivity contribution is 14.0. The summed E-state index contributed by atoms with van der Waals surface area (Å²) in [7, 11) is -1.48. The van der Waals surface area contributed by atoms with Crippen LogP contribution in [0.15, 0.2) is 23.2 Å². The average molecular weight is 532 g/mol. The maximum Gasteiger partial charge on any atom is 0.211 e. The van der Waals surface area contributed by atoms with Crippen LogP contribution in [0.25, 0.3) is 0 Å². The summed E-state index contributed by atoms with van der Waals surface area (Å²) in [5.74, 6) is 1.15. The number of thioether (sulfide) groups is 1. The summed E-state index contributed by atoms with van der Waals surface area (Å²) in [6, 6.07) is 4.81. The van der Waals surface area contributed by atoms with E-state index in [0.29, 0.717) is 38.6 Å². The van der Waals surface area contributed by atoms with Gasteiger partial charge in [-0.15, -0.1) is 24.0 Å². The Hall–Kier alpha value is -0.590. The molecule has 1 rings (SSSR count). The van der Waals surface area contributed by atoms with Gasteiger partial charge in [0.25, 0.3) is 0 Å². The van der Waals surface area contributed by atoms with Gasteiger partial charge in [-0.2, -0.15) is 11.8 Å². The van der Waals surface area contributed by atoms with Gasteiger partial charge in [-0.1, -0.05) is 13.0 Å². The third kappa shape index (κ3) is 9.95. The maximum atomic E-state index is 13.4. The number of aliphatic imine (C=N–C) groups is 1. The molecule has 0 aromatic heterocycles. The number of hydrogen-bond acceptors (Lipinski definition) is 4. The van der Waals surface area contributed by atoms with Crippen molar-refractivity contribution in [1.82, 2.24) is 14.9 Å². The number of rotatable bonds is 10. The molecule has 0 unspecified atom stereocenters. The summed E-state index contributed by atoms with van der Waals surface area (Å²) in [5, 5.41) is 6.38. The fourth-order valence-corrected chi connectivity index (χ4v) is 3.99. The van der Waals surface area contributed by atoms with Crippen LogP contribution in [0.2, 0.25) is 0 Å². The van der Waals surface area contributed by atoms with Crippen molar-refractivity contribution in [2.75, 3.05) is 39.2 Å². The second-order valence-electron chi connectivity index (χ2n) is 5.81. The molecule has 1 aromatic rings. The molecule has 27 heavy (non-hydrogen) atoms. The van der Waals surface area contributed by atoms with Crippen molar-refractivity contribution in [2.24, 2.45) is 4.99 Å². The van der Waals surface area contributed by atoms with E-state index in [1.165, 1.54) is 16.6 Å². The van der Waals surface area contributed by atoms with Crippen LogP contribution in [-0.2, 0) is 22.3 Å². The second kappa shape index (κ2) is 13.6. The molecule has 0 aliphatic heterocycles. The SMILES string of the molecule is CCN(CCCNC(=NC)NCc1ccc(F)cc1CSC)S(C)(=O)=O.I. The molecule has 1 aromatic carbocycles. The number of benzene rings is 1. The Kier molecular flexibility index (Phi) is 13.3. The predicted molar refractivity (Wildman–Crippen MR) is 124 cm³/mol. The first-order valence-electron chi connectivity index (χ1n) is 8.47. The molecule has 0 amide bonds. The molecular formula is C17H30FIN4O2S2. The Morgan fingerprint density at radius 2 is 2.00 bits per heavy atom. The van der Waals surface area contributed by atoms with E-state index in [-0.39, 0.29) is 29.8 Å². The summed E-state index contributed by atoms with van der Waals surface area (Å²) in [6.07, 6.45) is 3.88. The van der Waals surface area contributed by atoms with Gasteiger partial charge in [-0.05, 0) is 35.9 Å². The normalized spacial score (nSPS) is 12.0. The predicted octanol–water partition coefficient (Wildman–Crippen LogP) is 2.64. The van der Waals surface area contributed by atoms with Crippen LogP contribution < -0.4 is 10.6 Å². The highest BCUT2D eigenvalue weighted by Gasteiger charge is 2.13. The second-order valence-corrected chi connectivity index (χ2v) is 8.66. The van der Waals surface area contributed by atoms with E-state index >= 15 is 0 Å². The maximum absolute atomic E-state index is 13.4. The van der Waals surface area contributed by atoms with Gasteiger partial charge in [0.05, 0.1) is 6.26 Å². The monoisotopic (exact) mass is 532 g/mol. The number of guanidine groups is 1.